The minimum absolute atomic E-state index is 0.108. The third kappa shape index (κ3) is 81.2. The first-order valence-corrected chi connectivity index (χ1v) is 50.1. The van der Waals surface area contributed by atoms with Gasteiger partial charge in [0.2, 0.25) is 0 Å². The third-order valence-corrected chi connectivity index (χ3v) is 24.1. The van der Waals surface area contributed by atoms with Gasteiger partial charge in [-0.05, 0) is 37.5 Å². The molecule has 0 rings (SSSR count). The van der Waals surface area contributed by atoms with E-state index in [1.807, 2.05) is 0 Å². The summed E-state index contributed by atoms with van der Waals surface area (Å²) in [5.74, 6) is -0.473. The van der Waals surface area contributed by atoms with Gasteiger partial charge in [0.15, 0.2) is 12.2 Å². The molecule has 654 valence electrons. The number of aliphatic hydroxyl groups is 1. The Hall–Kier alpha value is -1.94. The van der Waals surface area contributed by atoms with Gasteiger partial charge < -0.3 is 33.8 Å². The quantitative estimate of drug-likeness (QED) is 0.0222. The van der Waals surface area contributed by atoms with Crippen molar-refractivity contribution in [2.24, 2.45) is 11.8 Å². The van der Waals surface area contributed by atoms with Gasteiger partial charge in [-0.25, -0.2) is 9.13 Å². The molecule has 19 heteroatoms. The lowest BCUT2D eigenvalue weighted by molar-refractivity contribution is -0.161. The number of phosphoric ester groups is 2. The Bertz CT molecular complexity index is 2100. The van der Waals surface area contributed by atoms with Crippen molar-refractivity contribution >= 4 is 39.5 Å². The summed E-state index contributed by atoms with van der Waals surface area (Å²) in [6, 6.07) is 0. The molecule has 0 saturated heterocycles. The Morgan fingerprint density at radius 1 is 0.255 bits per heavy atom. The van der Waals surface area contributed by atoms with Crippen molar-refractivity contribution in [1.29, 1.82) is 0 Å². The van der Waals surface area contributed by atoms with Gasteiger partial charge >= 0.3 is 39.5 Å². The molecule has 0 bridgehead atoms. The highest BCUT2D eigenvalue weighted by Crippen LogP contribution is 2.45. The Morgan fingerprint density at radius 2 is 0.436 bits per heavy atom. The molecular weight excluding hydrogens is 1430 g/mol. The van der Waals surface area contributed by atoms with E-state index in [1.165, 1.54) is 308 Å². The molecule has 0 fully saturated rings. The van der Waals surface area contributed by atoms with Gasteiger partial charge in [0.05, 0.1) is 26.4 Å². The number of aliphatic hydroxyl groups excluding tert-OH is 1. The maximum atomic E-state index is 13.2. The number of unbranched alkanes of at least 4 members (excludes halogenated alkanes) is 58. The van der Waals surface area contributed by atoms with Crippen LogP contribution in [0, 0.1) is 11.8 Å². The van der Waals surface area contributed by atoms with Crippen LogP contribution in [0.1, 0.15) is 491 Å². The number of carbonyl (C=O) groups is 4. The summed E-state index contributed by atoms with van der Waals surface area (Å²) >= 11 is 0. The molecule has 4 unspecified atom stereocenters. The number of phosphoric acid groups is 2. The zero-order chi connectivity index (χ0) is 80.6. The Labute approximate surface area is 677 Å². The van der Waals surface area contributed by atoms with E-state index < -0.39 is 97.5 Å². The van der Waals surface area contributed by atoms with Crippen LogP contribution in [0.3, 0.4) is 0 Å². The van der Waals surface area contributed by atoms with Crippen LogP contribution in [0.4, 0.5) is 0 Å². The summed E-state index contributed by atoms with van der Waals surface area (Å²) in [7, 11) is -9.94. The minimum Gasteiger partial charge on any atom is -0.462 e. The smallest absolute Gasteiger partial charge is 0.462 e. The predicted molar refractivity (Wildman–Crippen MR) is 455 cm³/mol. The summed E-state index contributed by atoms with van der Waals surface area (Å²) in [6.45, 7) is 9.76. The van der Waals surface area contributed by atoms with Gasteiger partial charge in [-0.3, -0.25) is 37.3 Å². The van der Waals surface area contributed by atoms with Crippen LogP contribution in [0.5, 0.6) is 0 Å². The highest BCUT2D eigenvalue weighted by Gasteiger charge is 2.31. The fourth-order valence-corrected chi connectivity index (χ4v) is 15.8. The van der Waals surface area contributed by atoms with Crippen LogP contribution in [0.15, 0.2) is 0 Å². The molecule has 0 saturated carbocycles. The van der Waals surface area contributed by atoms with Gasteiger partial charge in [-0.15, -0.1) is 0 Å². The predicted octanol–water partition coefficient (Wildman–Crippen LogP) is 28.2. The van der Waals surface area contributed by atoms with Crippen molar-refractivity contribution in [3.8, 4) is 0 Å². The molecule has 0 aromatic carbocycles. The summed E-state index contributed by atoms with van der Waals surface area (Å²) < 4.78 is 69.1. The van der Waals surface area contributed by atoms with E-state index in [9.17, 15) is 43.2 Å². The fraction of sp³-hybridized carbons (Fsp3) is 0.956. The van der Waals surface area contributed by atoms with Gasteiger partial charge in [0.1, 0.15) is 19.3 Å². The molecule has 0 aliphatic carbocycles. The van der Waals surface area contributed by atoms with E-state index in [4.69, 9.17) is 37.0 Å². The fourth-order valence-electron chi connectivity index (χ4n) is 14.2. The lowest BCUT2D eigenvalue weighted by Crippen LogP contribution is -2.30. The van der Waals surface area contributed by atoms with E-state index in [2.05, 4.69) is 41.5 Å². The number of ether oxygens (including phenoxy) is 4. The number of carbonyl (C=O) groups excluding carboxylic acids is 4. The summed E-state index contributed by atoms with van der Waals surface area (Å²) in [5.41, 5.74) is 0. The van der Waals surface area contributed by atoms with Gasteiger partial charge in [-0.2, -0.15) is 0 Å². The van der Waals surface area contributed by atoms with Crippen LogP contribution in [-0.4, -0.2) is 96.7 Å². The van der Waals surface area contributed by atoms with Crippen molar-refractivity contribution in [3.05, 3.63) is 0 Å². The Morgan fingerprint density at radius 3 is 0.645 bits per heavy atom. The van der Waals surface area contributed by atoms with Crippen LogP contribution in [0.25, 0.3) is 0 Å². The Kier molecular flexibility index (Phi) is 80.7. The number of esters is 4. The lowest BCUT2D eigenvalue weighted by atomic mass is 9.99. The number of hydrogen-bond acceptors (Lipinski definition) is 15. The highest BCUT2D eigenvalue weighted by molar-refractivity contribution is 7.47. The van der Waals surface area contributed by atoms with Crippen molar-refractivity contribution in [2.45, 2.75) is 509 Å². The van der Waals surface area contributed by atoms with Gasteiger partial charge in [0.25, 0.3) is 0 Å². The van der Waals surface area contributed by atoms with E-state index in [0.29, 0.717) is 25.7 Å². The first-order chi connectivity index (χ1) is 53.4. The van der Waals surface area contributed by atoms with E-state index in [-0.39, 0.29) is 25.7 Å². The maximum absolute atomic E-state index is 13.2. The molecule has 0 radical (unpaired) electrons. The molecule has 0 aromatic rings. The van der Waals surface area contributed by atoms with Crippen molar-refractivity contribution in [1.82, 2.24) is 0 Å². The molecule has 0 amide bonds. The summed E-state index contributed by atoms with van der Waals surface area (Å²) in [6.07, 6.45) is 76.4. The maximum Gasteiger partial charge on any atom is 0.472 e. The molecular formula is C91H178O17P2. The lowest BCUT2D eigenvalue weighted by Gasteiger charge is -2.21. The van der Waals surface area contributed by atoms with Crippen LogP contribution in [0.2, 0.25) is 0 Å². The zero-order valence-corrected chi connectivity index (χ0v) is 74.4. The van der Waals surface area contributed by atoms with E-state index in [0.717, 1.165) is 102 Å². The molecule has 110 heavy (non-hydrogen) atoms. The molecule has 7 atom stereocenters. The number of hydrogen-bond donors (Lipinski definition) is 3. The number of rotatable bonds is 90. The van der Waals surface area contributed by atoms with Crippen LogP contribution >= 0.6 is 15.6 Å². The van der Waals surface area contributed by atoms with Gasteiger partial charge in [-0.1, -0.05) is 440 Å². The van der Waals surface area contributed by atoms with Crippen molar-refractivity contribution in [3.63, 3.8) is 0 Å². The monoisotopic (exact) mass is 1610 g/mol. The molecule has 0 aliphatic rings. The largest absolute Gasteiger partial charge is 0.472 e. The second-order valence-electron chi connectivity index (χ2n) is 33.2. The minimum atomic E-state index is -4.97. The van der Waals surface area contributed by atoms with Crippen LogP contribution < -0.4 is 0 Å². The first kappa shape index (κ1) is 108. The normalized spacial score (nSPS) is 14.2. The third-order valence-electron chi connectivity index (χ3n) is 22.2. The second kappa shape index (κ2) is 82.2. The SMILES string of the molecule is CCCCCCCCCCCCCCCCCCCCCCC(=O)OC[C@H](COP(=O)(O)OC[C@@H](O)COP(=O)(O)OC[C@@H](COC(=O)CCCCCCCCCCC(C)CC)OC(=O)CCCCCCCCCCCCCCCCC(C)CC)OC(=O)CCCCCCCCCCCCCCCCCCCCCC. The summed E-state index contributed by atoms with van der Waals surface area (Å²) in [4.78, 5) is 73.4. The van der Waals surface area contributed by atoms with Crippen LogP contribution in [-0.2, 0) is 65.4 Å². The van der Waals surface area contributed by atoms with Crippen molar-refractivity contribution in [2.75, 3.05) is 39.6 Å². The highest BCUT2D eigenvalue weighted by atomic mass is 31.2. The Balaban J connectivity index is 5.25. The average Bonchev–Trinajstić information content (AvgIpc) is 0.899. The second-order valence-corrected chi connectivity index (χ2v) is 36.1. The molecule has 0 spiro atoms. The molecule has 3 N–H and O–H groups in total. The van der Waals surface area contributed by atoms with E-state index >= 15 is 0 Å². The molecule has 0 aromatic heterocycles. The standard InChI is InChI=1S/C91H178O17P2/c1-7-11-13-15-17-19-21-23-25-27-29-31-33-35-40-44-48-55-61-67-73-88(93)101-79-86(107-90(95)75-69-63-57-49-45-41-36-34-32-30-28-26-24-22-20-18-16-14-12-8-2)81-105-109(97,98)103-77-85(92)78-104-110(99,100)106-82-87(80-102-89(94)74-68-62-56-52-51-54-60-66-72-84(6)10-4)108-91(96)76-70-64-58-50-46-42-38-37-39-43-47-53-59-65-71-83(5)9-3/h83-87,92H,7-82H2,1-6H3,(H,97,98)(H,99,100)/t83?,84?,85-,86-,87-/m1/s1. The average molecular weight is 1610 g/mol. The zero-order valence-electron chi connectivity index (χ0n) is 72.6. The first-order valence-electron chi connectivity index (χ1n) is 47.1. The van der Waals surface area contributed by atoms with Crippen molar-refractivity contribution < 1.29 is 80.2 Å². The molecule has 0 heterocycles. The topological polar surface area (TPSA) is 237 Å². The summed E-state index contributed by atoms with van der Waals surface area (Å²) in [5, 5.41) is 10.7. The van der Waals surface area contributed by atoms with E-state index in [1.54, 1.807) is 0 Å². The molecule has 0 aliphatic heterocycles. The molecule has 17 nitrogen and oxygen atoms in total. The van der Waals surface area contributed by atoms with Gasteiger partial charge in [0, 0.05) is 25.7 Å².